The third kappa shape index (κ3) is 4.86. The number of thioether (sulfide) groups is 1. The van der Waals surface area contributed by atoms with Crippen molar-refractivity contribution in [2.24, 2.45) is 0 Å². The minimum absolute atomic E-state index is 0.0453. The van der Waals surface area contributed by atoms with Crippen molar-refractivity contribution in [3.05, 3.63) is 35.5 Å². The molecule has 1 amide bonds. The topological polar surface area (TPSA) is 80.5 Å². The summed E-state index contributed by atoms with van der Waals surface area (Å²) in [5.41, 5.74) is 0.851. The van der Waals surface area contributed by atoms with E-state index in [0.29, 0.717) is 29.0 Å². The standard InChI is InChI=1S/C18H21ClN2O4S2/c1-3-21(15-8-9-27(23,24)11-15)17(22)12(2)26-18-20-10-16(25-18)13-4-6-14(19)7-5-13/h4-7,10,12,15H,3,8-9,11H2,1-2H3. The smallest absolute Gasteiger partial charge is 0.256 e. The van der Waals surface area contributed by atoms with Gasteiger partial charge in [0.05, 0.1) is 23.0 Å². The van der Waals surface area contributed by atoms with Gasteiger partial charge in [-0.1, -0.05) is 23.4 Å². The van der Waals surface area contributed by atoms with Gasteiger partial charge in [0.15, 0.2) is 15.6 Å². The number of hydrogen-bond donors (Lipinski definition) is 0. The number of rotatable bonds is 6. The number of nitrogens with zero attached hydrogens (tertiary/aromatic N) is 2. The van der Waals surface area contributed by atoms with Crippen molar-refractivity contribution in [1.82, 2.24) is 9.88 Å². The second-order valence-corrected chi connectivity index (χ2v) is 10.4. The Bertz CT molecular complexity index is 912. The monoisotopic (exact) mass is 428 g/mol. The molecule has 27 heavy (non-hydrogen) atoms. The zero-order valence-corrected chi connectivity index (χ0v) is 17.5. The van der Waals surface area contributed by atoms with Gasteiger partial charge in [-0.15, -0.1) is 0 Å². The number of carbonyl (C=O) groups excluding carboxylic acids is 1. The van der Waals surface area contributed by atoms with Crippen molar-refractivity contribution in [3.63, 3.8) is 0 Å². The van der Waals surface area contributed by atoms with Crippen molar-refractivity contribution in [3.8, 4) is 11.3 Å². The summed E-state index contributed by atoms with van der Waals surface area (Å²) in [7, 11) is -3.04. The zero-order valence-electron chi connectivity index (χ0n) is 15.1. The first-order valence-corrected chi connectivity index (χ1v) is 11.8. The minimum Gasteiger partial charge on any atom is -0.431 e. The summed E-state index contributed by atoms with van der Waals surface area (Å²) in [5, 5.41) is 0.613. The summed E-state index contributed by atoms with van der Waals surface area (Å²) in [5.74, 6) is 0.690. The maximum absolute atomic E-state index is 12.8. The molecule has 0 saturated carbocycles. The van der Waals surface area contributed by atoms with Crippen LogP contribution in [-0.2, 0) is 14.6 Å². The van der Waals surface area contributed by atoms with Crippen LogP contribution < -0.4 is 0 Å². The summed E-state index contributed by atoms with van der Waals surface area (Å²) < 4.78 is 29.2. The molecular weight excluding hydrogens is 408 g/mol. The Morgan fingerprint density at radius 1 is 1.41 bits per heavy atom. The number of hydrogen-bond acceptors (Lipinski definition) is 6. The van der Waals surface area contributed by atoms with E-state index in [1.165, 1.54) is 11.8 Å². The van der Waals surface area contributed by atoms with Gasteiger partial charge < -0.3 is 9.32 Å². The Hall–Kier alpha value is -1.51. The fraction of sp³-hybridized carbons (Fsp3) is 0.444. The van der Waals surface area contributed by atoms with E-state index in [2.05, 4.69) is 4.98 Å². The Kier molecular flexibility index (Phi) is 6.18. The largest absolute Gasteiger partial charge is 0.431 e. The first kappa shape index (κ1) is 20.2. The van der Waals surface area contributed by atoms with Gasteiger partial charge in [0.1, 0.15) is 0 Å². The molecule has 1 aromatic heterocycles. The van der Waals surface area contributed by atoms with E-state index in [1.807, 2.05) is 19.1 Å². The van der Waals surface area contributed by atoms with Crippen LogP contribution in [0.15, 0.2) is 40.1 Å². The second-order valence-electron chi connectivity index (χ2n) is 6.44. The Labute approximate surface area is 168 Å². The lowest BCUT2D eigenvalue weighted by atomic mass is 10.2. The average molecular weight is 429 g/mol. The molecule has 1 aliphatic heterocycles. The Balaban J connectivity index is 1.66. The van der Waals surface area contributed by atoms with Gasteiger partial charge in [0.25, 0.3) is 5.22 Å². The lowest BCUT2D eigenvalue weighted by Gasteiger charge is -2.28. The number of aromatic nitrogens is 1. The summed E-state index contributed by atoms with van der Waals surface area (Å²) in [6.07, 6.45) is 2.11. The molecule has 2 aromatic rings. The first-order valence-electron chi connectivity index (χ1n) is 8.68. The van der Waals surface area contributed by atoms with E-state index in [0.717, 1.165) is 5.56 Å². The fourth-order valence-electron chi connectivity index (χ4n) is 3.11. The van der Waals surface area contributed by atoms with Crippen LogP contribution >= 0.6 is 23.4 Å². The molecule has 146 valence electrons. The number of halogens is 1. The highest BCUT2D eigenvalue weighted by Gasteiger charge is 2.35. The van der Waals surface area contributed by atoms with Crippen LogP contribution in [0.5, 0.6) is 0 Å². The van der Waals surface area contributed by atoms with Gasteiger partial charge in [0, 0.05) is 23.2 Å². The van der Waals surface area contributed by atoms with Crippen LogP contribution in [0.3, 0.4) is 0 Å². The summed E-state index contributed by atoms with van der Waals surface area (Å²) in [4.78, 5) is 18.7. The number of carbonyl (C=O) groups is 1. The van der Waals surface area contributed by atoms with Gasteiger partial charge in [-0.3, -0.25) is 4.79 Å². The first-order chi connectivity index (χ1) is 12.8. The van der Waals surface area contributed by atoms with Crippen LogP contribution in [0, 0.1) is 0 Å². The number of oxazole rings is 1. The molecule has 9 heteroatoms. The predicted octanol–water partition coefficient (Wildman–Crippen LogP) is 3.51. The molecule has 0 aliphatic carbocycles. The van der Waals surface area contributed by atoms with Crippen LogP contribution in [0.1, 0.15) is 20.3 Å². The normalized spacial score (nSPS) is 19.7. The molecule has 1 aliphatic rings. The molecular formula is C18H21ClN2O4S2. The Morgan fingerprint density at radius 2 is 2.11 bits per heavy atom. The van der Waals surface area contributed by atoms with Crippen LogP contribution in [-0.4, -0.2) is 53.6 Å². The van der Waals surface area contributed by atoms with E-state index < -0.39 is 15.1 Å². The molecule has 1 aromatic carbocycles. The highest BCUT2D eigenvalue weighted by molar-refractivity contribution is 8.00. The molecule has 2 unspecified atom stereocenters. The number of benzene rings is 1. The maximum atomic E-state index is 12.8. The van der Waals surface area contributed by atoms with Crippen molar-refractivity contribution < 1.29 is 17.6 Å². The maximum Gasteiger partial charge on any atom is 0.256 e. The summed E-state index contributed by atoms with van der Waals surface area (Å²) in [6.45, 7) is 4.13. The van der Waals surface area contributed by atoms with Crippen LogP contribution in [0.4, 0.5) is 0 Å². The van der Waals surface area contributed by atoms with Crippen molar-refractivity contribution >= 4 is 39.1 Å². The van der Waals surface area contributed by atoms with E-state index >= 15 is 0 Å². The predicted molar refractivity (Wildman–Crippen MR) is 107 cm³/mol. The van der Waals surface area contributed by atoms with Gasteiger partial charge in [-0.25, -0.2) is 13.4 Å². The van der Waals surface area contributed by atoms with Gasteiger partial charge in [0.2, 0.25) is 5.91 Å². The third-order valence-corrected chi connectivity index (χ3v) is 7.46. The van der Waals surface area contributed by atoms with Crippen LogP contribution in [0.25, 0.3) is 11.3 Å². The lowest BCUT2D eigenvalue weighted by Crippen LogP contribution is -2.44. The highest BCUT2D eigenvalue weighted by atomic mass is 35.5. The van der Waals surface area contributed by atoms with E-state index in [9.17, 15) is 13.2 Å². The third-order valence-electron chi connectivity index (χ3n) is 4.51. The summed E-state index contributed by atoms with van der Waals surface area (Å²) >= 11 is 7.12. The molecule has 0 N–H and O–H groups in total. The number of sulfone groups is 1. The average Bonchev–Trinajstić information content (AvgIpc) is 3.22. The van der Waals surface area contributed by atoms with Crippen molar-refractivity contribution in [2.45, 2.75) is 36.8 Å². The van der Waals surface area contributed by atoms with Gasteiger partial charge in [-0.05, 0) is 44.5 Å². The Morgan fingerprint density at radius 3 is 2.70 bits per heavy atom. The number of amides is 1. The van der Waals surface area contributed by atoms with Crippen molar-refractivity contribution in [1.29, 1.82) is 0 Å². The molecule has 2 heterocycles. The molecule has 0 spiro atoms. The molecule has 3 rings (SSSR count). The molecule has 0 radical (unpaired) electrons. The molecule has 1 fully saturated rings. The SMILES string of the molecule is CCN(C(=O)C(C)Sc1ncc(-c2ccc(Cl)cc2)o1)C1CCS(=O)(=O)C1. The molecule has 6 nitrogen and oxygen atoms in total. The van der Waals surface area contributed by atoms with E-state index in [1.54, 1.807) is 30.2 Å². The zero-order chi connectivity index (χ0) is 19.6. The fourth-order valence-corrected chi connectivity index (χ4v) is 5.76. The molecule has 0 bridgehead atoms. The van der Waals surface area contributed by atoms with Gasteiger partial charge >= 0.3 is 0 Å². The van der Waals surface area contributed by atoms with E-state index in [-0.39, 0.29) is 23.5 Å². The second kappa shape index (κ2) is 8.24. The molecule has 2 atom stereocenters. The van der Waals surface area contributed by atoms with E-state index in [4.69, 9.17) is 16.0 Å². The quantitative estimate of drug-likeness (QED) is 0.655. The van der Waals surface area contributed by atoms with Crippen molar-refractivity contribution in [2.75, 3.05) is 18.1 Å². The minimum atomic E-state index is -3.04. The van der Waals surface area contributed by atoms with Gasteiger partial charge in [-0.2, -0.15) is 0 Å². The molecule has 1 saturated heterocycles. The van der Waals surface area contributed by atoms with Crippen LogP contribution in [0.2, 0.25) is 5.02 Å². The highest BCUT2D eigenvalue weighted by Crippen LogP contribution is 2.30. The summed E-state index contributed by atoms with van der Waals surface area (Å²) in [6, 6.07) is 6.97. The lowest BCUT2D eigenvalue weighted by molar-refractivity contribution is -0.131.